The molecule has 5 nitrogen and oxygen atoms in total. The number of hydrogen-bond donors (Lipinski definition) is 0. The van der Waals surface area contributed by atoms with Crippen LogP contribution < -0.4 is 4.90 Å². The molecule has 0 aliphatic carbocycles. The molecule has 0 aliphatic rings. The highest BCUT2D eigenvalue weighted by atomic mass is 79.9. The van der Waals surface area contributed by atoms with E-state index in [1.54, 1.807) is 12.4 Å². The molecule has 4 aromatic rings. The predicted molar refractivity (Wildman–Crippen MR) is 90.5 cm³/mol. The highest BCUT2D eigenvalue weighted by molar-refractivity contribution is 9.10. The van der Waals surface area contributed by atoms with Gasteiger partial charge in [0.25, 0.3) is 5.78 Å². The van der Waals surface area contributed by atoms with E-state index in [0.717, 1.165) is 15.4 Å². The zero-order valence-electron chi connectivity index (χ0n) is 12.1. The van der Waals surface area contributed by atoms with E-state index in [1.807, 2.05) is 40.6 Å². The maximum atomic E-state index is 13.5. The molecule has 0 unspecified atom stereocenters. The van der Waals surface area contributed by atoms with Crippen LogP contribution in [0, 0.1) is 5.82 Å². The molecule has 0 bridgehead atoms. The quantitative estimate of drug-likeness (QED) is 0.535. The van der Waals surface area contributed by atoms with Gasteiger partial charge in [-0.05, 0) is 36.4 Å². The van der Waals surface area contributed by atoms with Gasteiger partial charge >= 0.3 is 0 Å². The molecule has 0 aliphatic heterocycles. The second-order valence-corrected chi connectivity index (χ2v) is 6.05. The van der Waals surface area contributed by atoms with E-state index in [4.69, 9.17) is 0 Å². The lowest BCUT2D eigenvalue weighted by molar-refractivity contribution is 0.628. The monoisotopic (exact) mass is 371 g/mol. The fourth-order valence-electron chi connectivity index (χ4n) is 2.59. The summed E-state index contributed by atoms with van der Waals surface area (Å²) in [5.74, 6) is 0.900. The van der Waals surface area contributed by atoms with Gasteiger partial charge in [-0.3, -0.25) is 4.40 Å². The van der Waals surface area contributed by atoms with E-state index in [9.17, 15) is 4.39 Å². The largest absolute Gasteiger partial charge is 0.329 e. The van der Waals surface area contributed by atoms with Gasteiger partial charge in [0.05, 0.1) is 5.52 Å². The van der Waals surface area contributed by atoms with Gasteiger partial charge in [-0.1, -0.05) is 22.0 Å². The van der Waals surface area contributed by atoms with Crippen LogP contribution in [0.4, 0.5) is 15.9 Å². The van der Waals surface area contributed by atoms with Gasteiger partial charge in [0, 0.05) is 22.6 Å². The Morgan fingerprint density at radius 1 is 1.17 bits per heavy atom. The fraction of sp³-hybridized carbons (Fsp3) is 0.0625. The lowest BCUT2D eigenvalue weighted by atomic mass is 10.2. The highest BCUT2D eigenvalue weighted by Gasteiger charge is 2.15. The molecule has 0 saturated heterocycles. The molecule has 0 radical (unpaired) electrons. The molecular weight excluding hydrogens is 361 g/mol. The minimum atomic E-state index is -0.287. The van der Waals surface area contributed by atoms with Crippen LogP contribution >= 0.6 is 15.9 Å². The molecule has 7 heteroatoms. The summed E-state index contributed by atoms with van der Waals surface area (Å²) in [7, 11) is 1.85. The highest BCUT2D eigenvalue weighted by Crippen LogP contribution is 2.31. The SMILES string of the molecule is CN(c1cccc(F)c1)c1nc2nncn2c2cc(Br)ccc12. The van der Waals surface area contributed by atoms with Gasteiger partial charge in [-0.2, -0.15) is 4.98 Å². The Kier molecular flexibility index (Phi) is 3.23. The molecule has 0 atom stereocenters. The van der Waals surface area contributed by atoms with Gasteiger partial charge in [0.15, 0.2) is 0 Å². The standard InChI is InChI=1S/C16H11BrFN5/c1-22(12-4-2-3-11(18)8-12)15-13-6-5-10(17)7-14(13)23-9-19-21-16(23)20-15/h2-9H,1H3. The van der Waals surface area contributed by atoms with Crippen molar-refractivity contribution < 1.29 is 4.39 Å². The molecule has 2 aromatic carbocycles. The van der Waals surface area contributed by atoms with Crippen molar-refractivity contribution in [3.8, 4) is 0 Å². The molecule has 0 saturated carbocycles. The minimum Gasteiger partial charge on any atom is -0.329 e. The summed E-state index contributed by atoms with van der Waals surface area (Å²) < 4.78 is 16.3. The number of aromatic nitrogens is 4. The molecule has 114 valence electrons. The first-order valence-corrected chi connectivity index (χ1v) is 7.71. The van der Waals surface area contributed by atoms with Crippen molar-refractivity contribution in [3.63, 3.8) is 0 Å². The first kappa shape index (κ1) is 14.1. The summed E-state index contributed by atoms with van der Waals surface area (Å²) in [6.07, 6.45) is 1.63. The predicted octanol–water partition coefficient (Wildman–Crippen LogP) is 3.95. The van der Waals surface area contributed by atoms with Crippen LogP contribution in [0.15, 0.2) is 53.3 Å². The number of rotatable bonds is 2. The van der Waals surface area contributed by atoms with Crippen molar-refractivity contribution in [3.05, 3.63) is 59.1 Å². The van der Waals surface area contributed by atoms with E-state index in [-0.39, 0.29) is 5.82 Å². The number of benzene rings is 2. The molecule has 2 aromatic heterocycles. The average Bonchev–Trinajstić information content (AvgIpc) is 3.02. The molecule has 0 spiro atoms. The summed E-state index contributed by atoms with van der Waals surface area (Å²) in [5, 5.41) is 8.89. The Labute approximate surface area is 139 Å². The Hall–Kier alpha value is -2.54. The Bertz CT molecular complexity index is 1030. The van der Waals surface area contributed by atoms with Gasteiger partial charge in [0.2, 0.25) is 0 Å². The first-order chi connectivity index (χ1) is 11.1. The van der Waals surface area contributed by atoms with Gasteiger partial charge in [0.1, 0.15) is 18.0 Å². The normalized spacial score (nSPS) is 11.3. The van der Waals surface area contributed by atoms with E-state index >= 15 is 0 Å². The topological polar surface area (TPSA) is 46.3 Å². The lowest BCUT2D eigenvalue weighted by Crippen LogP contribution is -2.13. The van der Waals surface area contributed by atoms with E-state index < -0.39 is 0 Å². The van der Waals surface area contributed by atoms with Crippen LogP contribution in [0.3, 0.4) is 0 Å². The number of fused-ring (bicyclic) bond motifs is 3. The van der Waals surface area contributed by atoms with Crippen molar-refractivity contribution in [2.45, 2.75) is 0 Å². The minimum absolute atomic E-state index is 0.287. The van der Waals surface area contributed by atoms with Gasteiger partial charge in [-0.25, -0.2) is 4.39 Å². The Balaban J connectivity index is 2.01. The molecule has 4 rings (SSSR count). The van der Waals surface area contributed by atoms with Crippen molar-refractivity contribution >= 4 is 44.1 Å². The maximum absolute atomic E-state index is 13.5. The second-order valence-electron chi connectivity index (χ2n) is 5.14. The average molecular weight is 372 g/mol. The number of anilines is 2. The Morgan fingerprint density at radius 3 is 2.87 bits per heavy atom. The fourth-order valence-corrected chi connectivity index (χ4v) is 2.93. The molecule has 0 N–H and O–H groups in total. The molecule has 0 amide bonds. The van der Waals surface area contributed by atoms with Crippen molar-refractivity contribution in [2.75, 3.05) is 11.9 Å². The van der Waals surface area contributed by atoms with E-state index in [2.05, 4.69) is 31.1 Å². The number of halogens is 2. The van der Waals surface area contributed by atoms with Crippen LogP contribution in [-0.4, -0.2) is 26.6 Å². The molecule has 0 fully saturated rings. The second kappa shape index (κ2) is 5.27. The zero-order chi connectivity index (χ0) is 16.0. The third-order valence-electron chi connectivity index (χ3n) is 3.71. The summed E-state index contributed by atoms with van der Waals surface area (Å²) in [5.41, 5.74) is 1.64. The summed E-state index contributed by atoms with van der Waals surface area (Å²) in [6, 6.07) is 12.3. The van der Waals surface area contributed by atoms with Crippen molar-refractivity contribution in [2.24, 2.45) is 0 Å². The Morgan fingerprint density at radius 2 is 2.04 bits per heavy atom. The van der Waals surface area contributed by atoms with Gasteiger partial charge in [-0.15, -0.1) is 10.2 Å². The van der Waals surface area contributed by atoms with Crippen molar-refractivity contribution in [1.29, 1.82) is 0 Å². The number of hydrogen-bond acceptors (Lipinski definition) is 4. The van der Waals surface area contributed by atoms with Crippen LogP contribution in [0.25, 0.3) is 16.7 Å². The summed E-state index contributed by atoms with van der Waals surface area (Å²) in [6.45, 7) is 0. The summed E-state index contributed by atoms with van der Waals surface area (Å²) in [4.78, 5) is 6.42. The van der Waals surface area contributed by atoms with E-state index in [0.29, 0.717) is 17.3 Å². The van der Waals surface area contributed by atoms with Crippen LogP contribution in [-0.2, 0) is 0 Å². The smallest absolute Gasteiger partial charge is 0.257 e. The number of nitrogens with zero attached hydrogens (tertiary/aromatic N) is 5. The third-order valence-corrected chi connectivity index (χ3v) is 4.20. The first-order valence-electron chi connectivity index (χ1n) is 6.92. The third kappa shape index (κ3) is 2.33. The lowest BCUT2D eigenvalue weighted by Gasteiger charge is -2.20. The maximum Gasteiger partial charge on any atom is 0.257 e. The van der Waals surface area contributed by atoms with Gasteiger partial charge < -0.3 is 4.90 Å². The molecular formula is C16H11BrFN5. The van der Waals surface area contributed by atoms with Crippen LogP contribution in [0.2, 0.25) is 0 Å². The summed E-state index contributed by atoms with van der Waals surface area (Å²) >= 11 is 3.48. The molecule has 23 heavy (non-hydrogen) atoms. The van der Waals surface area contributed by atoms with E-state index in [1.165, 1.54) is 12.1 Å². The van der Waals surface area contributed by atoms with Crippen LogP contribution in [0.1, 0.15) is 0 Å². The van der Waals surface area contributed by atoms with Crippen LogP contribution in [0.5, 0.6) is 0 Å². The zero-order valence-corrected chi connectivity index (χ0v) is 13.7. The molecule has 2 heterocycles. The van der Waals surface area contributed by atoms with Crippen molar-refractivity contribution in [1.82, 2.24) is 19.6 Å².